The van der Waals surface area contributed by atoms with E-state index < -0.39 is 22.9 Å². The molecule has 0 radical (unpaired) electrons. The lowest BCUT2D eigenvalue weighted by molar-refractivity contribution is -0.384. The van der Waals surface area contributed by atoms with Crippen molar-refractivity contribution in [1.29, 1.82) is 0 Å². The highest BCUT2D eigenvalue weighted by Crippen LogP contribution is 2.29. The quantitative estimate of drug-likeness (QED) is 0.390. The largest absolute Gasteiger partial charge is 0.493 e. The van der Waals surface area contributed by atoms with Gasteiger partial charge in [-0.3, -0.25) is 14.9 Å². The van der Waals surface area contributed by atoms with Gasteiger partial charge in [0, 0.05) is 12.1 Å². The molecule has 1 amide bonds. The first kappa shape index (κ1) is 22.0. The van der Waals surface area contributed by atoms with Crippen LogP contribution < -0.4 is 14.8 Å². The van der Waals surface area contributed by atoms with E-state index in [9.17, 15) is 19.7 Å². The van der Waals surface area contributed by atoms with Gasteiger partial charge in [0.2, 0.25) is 0 Å². The van der Waals surface area contributed by atoms with Crippen LogP contribution in [0.5, 0.6) is 11.5 Å². The molecule has 0 fully saturated rings. The summed E-state index contributed by atoms with van der Waals surface area (Å²) in [7, 11) is 1.44. The van der Waals surface area contributed by atoms with Gasteiger partial charge in [-0.2, -0.15) is 0 Å². The molecule has 0 bridgehead atoms. The third-order valence-corrected chi connectivity index (χ3v) is 4.10. The molecule has 2 aromatic rings. The van der Waals surface area contributed by atoms with Gasteiger partial charge in [-0.1, -0.05) is 11.6 Å². The number of nitro groups is 1. The van der Waals surface area contributed by atoms with Crippen LogP contribution in [0.1, 0.15) is 24.2 Å². The van der Waals surface area contributed by atoms with Crippen molar-refractivity contribution in [3.63, 3.8) is 0 Å². The summed E-state index contributed by atoms with van der Waals surface area (Å²) in [5.41, 5.74) is -0.0364. The Bertz CT molecular complexity index is 933. The van der Waals surface area contributed by atoms with Gasteiger partial charge in [-0.25, -0.2) is 4.79 Å². The fourth-order valence-corrected chi connectivity index (χ4v) is 2.47. The highest BCUT2D eigenvalue weighted by molar-refractivity contribution is 6.33. The van der Waals surface area contributed by atoms with Gasteiger partial charge in [0.15, 0.2) is 17.6 Å². The monoisotopic (exact) mass is 422 g/mol. The Hall–Kier alpha value is -3.33. The molecule has 2 aromatic carbocycles. The van der Waals surface area contributed by atoms with Crippen LogP contribution in [0.15, 0.2) is 36.4 Å². The summed E-state index contributed by atoms with van der Waals surface area (Å²) in [5, 5.41) is 13.4. The lowest BCUT2D eigenvalue weighted by atomic mass is 10.2. The van der Waals surface area contributed by atoms with Crippen molar-refractivity contribution in [2.24, 2.45) is 0 Å². The number of nitro benzene ring substituents is 1. The second-order valence-corrected chi connectivity index (χ2v) is 6.16. The minimum absolute atomic E-state index is 0.0384. The number of nitrogens with zero attached hydrogens (tertiary/aromatic N) is 1. The Morgan fingerprint density at radius 1 is 1.21 bits per heavy atom. The van der Waals surface area contributed by atoms with Crippen LogP contribution in [0.4, 0.5) is 11.4 Å². The van der Waals surface area contributed by atoms with E-state index >= 15 is 0 Å². The lowest BCUT2D eigenvalue weighted by Crippen LogP contribution is -2.30. The Morgan fingerprint density at radius 2 is 1.93 bits per heavy atom. The van der Waals surface area contributed by atoms with E-state index in [1.165, 1.54) is 38.3 Å². The molecular weight excluding hydrogens is 404 g/mol. The molecule has 0 aliphatic rings. The average Bonchev–Trinajstić information content (AvgIpc) is 2.69. The van der Waals surface area contributed by atoms with Gasteiger partial charge in [0.05, 0.1) is 34.9 Å². The van der Waals surface area contributed by atoms with Gasteiger partial charge >= 0.3 is 5.97 Å². The van der Waals surface area contributed by atoms with Gasteiger partial charge < -0.3 is 19.5 Å². The van der Waals surface area contributed by atoms with E-state index in [4.69, 9.17) is 25.8 Å². The summed E-state index contributed by atoms with van der Waals surface area (Å²) < 4.78 is 15.7. The molecule has 0 spiro atoms. The van der Waals surface area contributed by atoms with E-state index in [2.05, 4.69) is 5.32 Å². The molecule has 0 aliphatic carbocycles. The minimum atomic E-state index is -1.18. The lowest BCUT2D eigenvalue weighted by Gasteiger charge is -2.15. The second-order valence-electron chi connectivity index (χ2n) is 5.76. The number of halogens is 1. The summed E-state index contributed by atoms with van der Waals surface area (Å²) in [6, 6.07) is 8.10. The molecule has 0 aromatic heterocycles. The Labute approximate surface area is 171 Å². The van der Waals surface area contributed by atoms with Crippen molar-refractivity contribution in [1.82, 2.24) is 0 Å². The van der Waals surface area contributed by atoms with Crippen LogP contribution >= 0.6 is 11.6 Å². The summed E-state index contributed by atoms with van der Waals surface area (Å²) in [6.45, 7) is 3.61. The number of hydrogen-bond donors (Lipinski definition) is 1. The van der Waals surface area contributed by atoms with E-state index in [0.717, 1.165) is 6.07 Å². The van der Waals surface area contributed by atoms with E-state index in [0.29, 0.717) is 18.1 Å². The number of ether oxygens (including phenoxy) is 3. The fourth-order valence-electron chi connectivity index (χ4n) is 2.31. The van der Waals surface area contributed by atoms with Gasteiger partial charge in [0.25, 0.3) is 11.6 Å². The standard InChI is InChI=1S/C19H19ClN2O7/c1-4-28-16-8-5-12(9-17(16)27-3)19(24)29-11(2)18(23)21-15-10-13(22(25)26)6-7-14(15)20/h5-11H,4H2,1-3H3,(H,21,23). The Kier molecular flexibility index (Phi) is 7.38. The SMILES string of the molecule is CCOc1ccc(C(=O)OC(C)C(=O)Nc2cc([N+](=O)[O-])ccc2Cl)cc1OC. The summed E-state index contributed by atoms with van der Waals surface area (Å²) in [6.07, 6.45) is -1.18. The predicted octanol–water partition coefficient (Wildman–Crippen LogP) is 3.84. The first-order chi connectivity index (χ1) is 13.8. The van der Waals surface area contributed by atoms with Gasteiger partial charge in [-0.15, -0.1) is 0 Å². The number of anilines is 1. The van der Waals surface area contributed by atoms with Crippen molar-refractivity contribution < 1.29 is 28.7 Å². The Balaban J connectivity index is 2.09. The van der Waals surface area contributed by atoms with Crippen LogP contribution in [0.2, 0.25) is 5.02 Å². The smallest absolute Gasteiger partial charge is 0.339 e. The first-order valence-electron chi connectivity index (χ1n) is 8.53. The van der Waals surface area contributed by atoms with E-state index in [1.54, 1.807) is 6.07 Å². The highest BCUT2D eigenvalue weighted by Gasteiger charge is 2.22. The molecule has 154 valence electrons. The summed E-state index contributed by atoms with van der Waals surface area (Å²) in [4.78, 5) is 34.9. The maximum Gasteiger partial charge on any atom is 0.339 e. The van der Waals surface area contributed by atoms with Crippen molar-refractivity contribution in [3.8, 4) is 11.5 Å². The van der Waals surface area contributed by atoms with Crippen LogP contribution in [-0.4, -0.2) is 36.6 Å². The first-order valence-corrected chi connectivity index (χ1v) is 8.91. The summed E-state index contributed by atoms with van der Waals surface area (Å²) >= 11 is 5.95. The molecule has 2 rings (SSSR count). The zero-order valence-corrected chi connectivity index (χ0v) is 16.7. The number of benzene rings is 2. The minimum Gasteiger partial charge on any atom is -0.493 e. The highest BCUT2D eigenvalue weighted by atomic mass is 35.5. The molecule has 0 aliphatic heterocycles. The normalized spacial score (nSPS) is 11.3. The number of carbonyl (C=O) groups excluding carboxylic acids is 2. The number of amides is 1. The van der Waals surface area contributed by atoms with Crippen LogP contribution in [0, 0.1) is 10.1 Å². The van der Waals surface area contributed by atoms with Gasteiger partial charge in [0.1, 0.15) is 0 Å². The summed E-state index contributed by atoms with van der Waals surface area (Å²) in [5.74, 6) is -0.628. The number of non-ortho nitro benzene ring substituents is 1. The number of esters is 1. The third-order valence-electron chi connectivity index (χ3n) is 3.77. The third kappa shape index (κ3) is 5.58. The molecule has 9 nitrogen and oxygen atoms in total. The number of carbonyl (C=O) groups is 2. The Morgan fingerprint density at radius 3 is 2.55 bits per heavy atom. The number of rotatable bonds is 8. The van der Waals surface area contributed by atoms with Crippen molar-refractivity contribution in [2.45, 2.75) is 20.0 Å². The number of methoxy groups -OCH3 is 1. The zero-order valence-electron chi connectivity index (χ0n) is 15.9. The van der Waals surface area contributed by atoms with Gasteiger partial charge in [-0.05, 0) is 38.1 Å². The maximum atomic E-state index is 12.3. The molecule has 10 heteroatoms. The molecule has 29 heavy (non-hydrogen) atoms. The zero-order chi connectivity index (χ0) is 21.6. The van der Waals surface area contributed by atoms with Crippen molar-refractivity contribution >= 4 is 34.9 Å². The molecule has 1 N–H and O–H groups in total. The van der Waals surface area contributed by atoms with Crippen molar-refractivity contribution in [3.05, 3.63) is 57.1 Å². The molecular formula is C19H19ClN2O7. The fraction of sp³-hybridized carbons (Fsp3) is 0.263. The molecule has 1 unspecified atom stereocenters. The number of nitrogens with one attached hydrogen (secondary N) is 1. The second kappa shape index (κ2) is 9.74. The predicted molar refractivity (Wildman–Crippen MR) is 106 cm³/mol. The maximum absolute atomic E-state index is 12.3. The van der Waals surface area contributed by atoms with E-state index in [1.807, 2.05) is 6.92 Å². The van der Waals surface area contributed by atoms with Crippen LogP contribution in [-0.2, 0) is 9.53 Å². The average molecular weight is 423 g/mol. The van der Waals surface area contributed by atoms with Crippen LogP contribution in [0.25, 0.3) is 0 Å². The topological polar surface area (TPSA) is 117 Å². The molecule has 0 saturated carbocycles. The van der Waals surface area contributed by atoms with Crippen LogP contribution in [0.3, 0.4) is 0 Å². The van der Waals surface area contributed by atoms with E-state index in [-0.39, 0.29) is 22.0 Å². The number of hydrogen-bond acceptors (Lipinski definition) is 7. The molecule has 1 atom stereocenters. The molecule has 0 saturated heterocycles. The van der Waals surface area contributed by atoms with Crippen molar-refractivity contribution in [2.75, 3.05) is 19.0 Å². The molecule has 0 heterocycles.